The van der Waals surface area contributed by atoms with Gasteiger partial charge in [0.1, 0.15) is 6.54 Å². The lowest BCUT2D eigenvalue weighted by molar-refractivity contribution is -0.137. The third-order valence-electron chi connectivity index (χ3n) is 4.05. The number of carboxylic acids is 1. The van der Waals surface area contributed by atoms with E-state index in [9.17, 15) is 9.59 Å². The Bertz CT molecular complexity index is 356. The van der Waals surface area contributed by atoms with E-state index >= 15 is 0 Å². The zero-order valence-corrected chi connectivity index (χ0v) is 12.2. The number of nitrogens with zero attached hydrogens (tertiary/aromatic N) is 2. The van der Waals surface area contributed by atoms with Crippen LogP contribution in [0.3, 0.4) is 0 Å². The molecule has 20 heavy (non-hydrogen) atoms. The number of hydrogen-bond acceptors (Lipinski definition) is 3. The molecule has 0 radical (unpaired) electrons. The molecule has 114 valence electrons. The first-order chi connectivity index (χ1) is 9.60. The van der Waals surface area contributed by atoms with Crippen molar-refractivity contribution >= 4 is 12.0 Å². The minimum atomic E-state index is -0.928. The number of piperidine rings is 1. The third kappa shape index (κ3) is 4.37. The maximum atomic E-state index is 12.5. The average molecular weight is 283 g/mol. The minimum absolute atomic E-state index is 0.0971. The van der Waals surface area contributed by atoms with E-state index in [1.54, 1.807) is 0 Å². The highest BCUT2D eigenvalue weighted by atomic mass is 16.4. The van der Waals surface area contributed by atoms with Gasteiger partial charge < -0.3 is 20.2 Å². The lowest BCUT2D eigenvalue weighted by atomic mass is 9.98. The molecule has 1 heterocycles. The molecular formula is C14H25N3O3. The van der Waals surface area contributed by atoms with Crippen LogP contribution in [0, 0.1) is 11.8 Å². The summed E-state index contributed by atoms with van der Waals surface area (Å²) in [5.74, 6) is 0.0595. The van der Waals surface area contributed by atoms with Crippen molar-refractivity contribution in [1.29, 1.82) is 0 Å². The van der Waals surface area contributed by atoms with Crippen LogP contribution >= 0.6 is 0 Å². The Labute approximate surface area is 120 Å². The standard InChI is InChI=1S/C14H25N3O3/c1-15-7-12-3-2-6-16(9-12)14(20)17(10-13(18)19)8-11-4-5-11/h11-12,15H,2-10H2,1H3,(H,18,19). The summed E-state index contributed by atoms with van der Waals surface area (Å²) >= 11 is 0. The molecule has 1 unspecified atom stereocenters. The van der Waals surface area contributed by atoms with Crippen LogP contribution in [0.15, 0.2) is 0 Å². The molecule has 0 aromatic heterocycles. The van der Waals surface area contributed by atoms with E-state index < -0.39 is 5.97 Å². The Morgan fingerprint density at radius 2 is 2.05 bits per heavy atom. The Balaban J connectivity index is 1.92. The quantitative estimate of drug-likeness (QED) is 0.757. The predicted octanol–water partition coefficient (Wildman–Crippen LogP) is 0.834. The van der Waals surface area contributed by atoms with Gasteiger partial charge in [0.2, 0.25) is 0 Å². The smallest absolute Gasteiger partial charge is 0.323 e. The van der Waals surface area contributed by atoms with E-state index in [0.29, 0.717) is 18.4 Å². The number of amides is 2. The van der Waals surface area contributed by atoms with Crippen LogP contribution in [0.4, 0.5) is 4.79 Å². The van der Waals surface area contributed by atoms with Gasteiger partial charge in [0.25, 0.3) is 0 Å². The van der Waals surface area contributed by atoms with Gasteiger partial charge >= 0.3 is 12.0 Å². The molecule has 0 aromatic rings. The van der Waals surface area contributed by atoms with Crippen molar-refractivity contribution < 1.29 is 14.7 Å². The molecule has 1 saturated heterocycles. The summed E-state index contributed by atoms with van der Waals surface area (Å²) in [7, 11) is 1.92. The van der Waals surface area contributed by atoms with Crippen molar-refractivity contribution in [2.75, 3.05) is 39.8 Å². The van der Waals surface area contributed by atoms with E-state index in [4.69, 9.17) is 5.11 Å². The van der Waals surface area contributed by atoms with Gasteiger partial charge in [-0.2, -0.15) is 0 Å². The molecule has 2 amide bonds. The van der Waals surface area contributed by atoms with Crippen molar-refractivity contribution in [2.45, 2.75) is 25.7 Å². The van der Waals surface area contributed by atoms with E-state index in [1.807, 2.05) is 11.9 Å². The van der Waals surface area contributed by atoms with Gasteiger partial charge in [0.05, 0.1) is 0 Å². The summed E-state index contributed by atoms with van der Waals surface area (Å²) in [5.41, 5.74) is 0. The molecule has 1 saturated carbocycles. The average Bonchev–Trinajstić information content (AvgIpc) is 3.21. The second-order valence-corrected chi connectivity index (χ2v) is 6.01. The minimum Gasteiger partial charge on any atom is -0.480 e. The lowest BCUT2D eigenvalue weighted by Gasteiger charge is -2.36. The number of urea groups is 1. The van der Waals surface area contributed by atoms with Gasteiger partial charge in [-0.1, -0.05) is 0 Å². The number of hydrogen-bond donors (Lipinski definition) is 2. The van der Waals surface area contributed by atoms with Crippen molar-refractivity contribution in [3.8, 4) is 0 Å². The van der Waals surface area contributed by atoms with Crippen LogP contribution in [0.25, 0.3) is 0 Å². The highest BCUT2D eigenvalue weighted by Crippen LogP contribution is 2.30. The van der Waals surface area contributed by atoms with E-state index in [0.717, 1.165) is 45.3 Å². The van der Waals surface area contributed by atoms with Gasteiger partial charge in [-0.25, -0.2) is 4.79 Å². The molecule has 1 aliphatic heterocycles. The molecule has 1 atom stereocenters. The first-order valence-corrected chi connectivity index (χ1v) is 7.50. The molecule has 2 N–H and O–H groups in total. The summed E-state index contributed by atoms with van der Waals surface area (Å²) in [6.07, 6.45) is 4.37. The molecule has 0 spiro atoms. The van der Waals surface area contributed by atoms with Crippen molar-refractivity contribution in [3.05, 3.63) is 0 Å². The van der Waals surface area contributed by atoms with Crippen LogP contribution in [-0.2, 0) is 4.79 Å². The van der Waals surface area contributed by atoms with E-state index in [-0.39, 0.29) is 12.6 Å². The number of likely N-dealkylation sites (tertiary alicyclic amines) is 1. The second-order valence-electron chi connectivity index (χ2n) is 6.01. The zero-order valence-electron chi connectivity index (χ0n) is 12.2. The fourth-order valence-electron chi connectivity index (χ4n) is 2.88. The summed E-state index contributed by atoms with van der Waals surface area (Å²) in [5, 5.41) is 12.1. The predicted molar refractivity (Wildman–Crippen MR) is 75.6 cm³/mol. The SMILES string of the molecule is CNCC1CCCN(C(=O)N(CC(=O)O)CC2CC2)C1. The Morgan fingerprint density at radius 3 is 2.65 bits per heavy atom. The summed E-state index contributed by atoms with van der Waals surface area (Å²) in [6.45, 7) is 2.81. The van der Waals surface area contributed by atoms with Crippen LogP contribution in [0.5, 0.6) is 0 Å². The normalized spacial score (nSPS) is 22.6. The van der Waals surface area contributed by atoms with Gasteiger partial charge in [-0.15, -0.1) is 0 Å². The lowest BCUT2D eigenvalue weighted by Crippen LogP contribution is -2.50. The van der Waals surface area contributed by atoms with Crippen LogP contribution in [-0.4, -0.2) is 66.7 Å². The first-order valence-electron chi connectivity index (χ1n) is 7.50. The molecular weight excluding hydrogens is 258 g/mol. The molecule has 0 bridgehead atoms. The largest absolute Gasteiger partial charge is 0.480 e. The monoisotopic (exact) mass is 283 g/mol. The summed E-state index contributed by atoms with van der Waals surface area (Å²) in [6, 6.07) is -0.0971. The number of carbonyl (C=O) groups excluding carboxylic acids is 1. The highest BCUT2D eigenvalue weighted by Gasteiger charge is 2.32. The van der Waals surface area contributed by atoms with E-state index in [1.165, 1.54) is 4.90 Å². The van der Waals surface area contributed by atoms with Crippen molar-refractivity contribution in [2.24, 2.45) is 11.8 Å². The number of carbonyl (C=O) groups is 2. The maximum absolute atomic E-state index is 12.5. The molecule has 6 nitrogen and oxygen atoms in total. The van der Waals surface area contributed by atoms with Gasteiger partial charge in [-0.3, -0.25) is 4.79 Å². The van der Waals surface area contributed by atoms with Crippen molar-refractivity contribution in [3.63, 3.8) is 0 Å². The molecule has 2 aliphatic rings. The van der Waals surface area contributed by atoms with Gasteiger partial charge in [0, 0.05) is 19.6 Å². The first kappa shape index (κ1) is 15.1. The highest BCUT2D eigenvalue weighted by molar-refractivity contribution is 5.80. The topological polar surface area (TPSA) is 72.9 Å². The third-order valence-corrected chi connectivity index (χ3v) is 4.05. The Kier molecular flexibility index (Phi) is 5.23. The Hall–Kier alpha value is -1.30. The molecule has 1 aliphatic carbocycles. The van der Waals surface area contributed by atoms with Crippen LogP contribution in [0.1, 0.15) is 25.7 Å². The number of carboxylic acid groups (broad SMARTS) is 1. The summed E-state index contributed by atoms with van der Waals surface area (Å²) < 4.78 is 0. The van der Waals surface area contributed by atoms with Crippen molar-refractivity contribution in [1.82, 2.24) is 15.1 Å². The Morgan fingerprint density at radius 1 is 1.30 bits per heavy atom. The zero-order chi connectivity index (χ0) is 14.5. The fourth-order valence-corrected chi connectivity index (χ4v) is 2.88. The second kappa shape index (κ2) is 6.92. The fraction of sp³-hybridized carbons (Fsp3) is 0.857. The molecule has 2 rings (SSSR count). The van der Waals surface area contributed by atoms with Crippen LogP contribution < -0.4 is 5.32 Å². The molecule has 6 heteroatoms. The molecule has 0 aromatic carbocycles. The molecule has 2 fully saturated rings. The van der Waals surface area contributed by atoms with E-state index in [2.05, 4.69) is 5.32 Å². The number of nitrogens with one attached hydrogen (secondary N) is 1. The van der Waals surface area contributed by atoms with Crippen LogP contribution in [0.2, 0.25) is 0 Å². The number of rotatable bonds is 6. The van der Waals surface area contributed by atoms with Gasteiger partial charge in [-0.05, 0) is 51.1 Å². The van der Waals surface area contributed by atoms with Gasteiger partial charge in [0.15, 0.2) is 0 Å². The summed E-state index contributed by atoms with van der Waals surface area (Å²) in [4.78, 5) is 26.8. The maximum Gasteiger partial charge on any atom is 0.323 e. The number of aliphatic carboxylic acids is 1.